The van der Waals surface area contributed by atoms with Crippen molar-refractivity contribution in [1.29, 1.82) is 0 Å². The minimum absolute atomic E-state index is 0.0376. The Hall–Kier alpha value is -4.95. The molecule has 3 aromatic carbocycles. The van der Waals surface area contributed by atoms with Crippen molar-refractivity contribution in [3.05, 3.63) is 119 Å². The number of benzene rings is 3. The van der Waals surface area contributed by atoms with Gasteiger partial charge in [0.1, 0.15) is 17.2 Å². The molecule has 0 spiro atoms. The molecule has 0 aliphatic carbocycles. The molecule has 6 rings (SSSR count). The predicted octanol–water partition coefficient (Wildman–Crippen LogP) is 7.20. The van der Waals surface area contributed by atoms with Gasteiger partial charge in [0.05, 0.1) is 51.2 Å². The second-order valence-corrected chi connectivity index (χ2v) is 10.8. The summed E-state index contributed by atoms with van der Waals surface area (Å²) in [5.74, 6) is 2.37. The number of aryl methyl sites for hydroxylation is 2. The average Bonchev–Trinajstić information content (AvgIpc) is 3.67. The maximum atomic E-state index is 6.19. The predicted molar refractivity (Wildman–Crippen MR) is 167 cm³/mol. The van der Waals surface area contributed by atoms with Gasteiger partial charge in [0.2, 0.25) is 0 Å². The summed E-state index contributed by atoms with van der Waals surface area (Å²) in [5.41, 5.74) is 9.06. The Morgan fingerprint density at radius 2 is 1.56 bits per heavy atom. The molecular formula is C35H35N5O3. The second-order valence-electron chi connectivity index (χ2n) is 10.8. The molecule has 3 heterocycles. The number of ether oxygens (including phenoxy) is 3. The van der Waals surface area contributed by atoms with Crippen LogP contribution >= 0.6 is 0 Å². The minimum Gasteiger partial charge on any atom is -0.497 e. The van der Waals surface area contributed by atoms with Crippen molar-refractivity contribution in [2.45, 2.75) is 40.0 Å². The highest BCUT2D eigenvalue weighted by Gasteiger charge is 2.23. The van der Waals surface area contributed by atoms with E-state index >= 15 is 0 Å². The van der Waals surface area contributed by atoms with Crippen molar-refractivity contribution < 1.29 is 14.2 Å². The van der Waals surface area contributed by atoms with Crippen LogP contribution in [-0.4, -0.2) is 38.5 Å². The van der Waals surface area contributed by atoms with E-state index in [0.717, 1.165) is 56.7 Å². The van der Waals surface area contributed by atoms with Crippen molar-refractivity contribution in [1.82, 2.24) is 24.3 Å². The molecule has 1 aromatic heterocycles. The largest absolute Gasteiger partial charge is 0.497 e. The van der Waals surface area contributed by atoms with Gasteiger partial charge in [-0.2, -0.15) is 0 Å². The summed E-state index contributed by atoms with van der Waals surface area (Å²) in [5, 5.41) is 9.37. The molecule has 2 aliphatic heterocycles. The summed E-state index contributed by atoms with van der Waals surface area (Å²) < 4.78 is 21.4. The molecule has 0 unspecified atom stereocenters. The van der Waals surface area contributed by atoms with Gasteiger partial charge >= 0.3 is 0 Å². The van der Waals surface area contributed by atoms with Crippen LogP contribution in [0.25, 0.3) is 28.3 Å². The Balaban J connectivity index is 1.36. The zero-order chi connectivity index (χ0) is 29.9. The number of methoxy groups -OCH3 is 2. The third-order valence-electron chi connectivity index (χ3n) is 7.74. The topological polar surface area (TPSA) is 76.2 Å². The van der Waals surface area contributed by atoms with Crippen LogP contribution in [0.1, 0.15) is 40.9 Å². The van der Waals surface area contributed by atoms with Crippen LogP contribution in [0, 0.1) is 13.8 Å². The van der Waals surface area contributed by atoms with E-state index in [2.05, 4.69) is 76.2 Å². The molecule has 1 atom stereocenters. The lowest BCUT2D eigenvalue weighted by Crippen LogP contribution is -2.12. The third kappa shape index (κ3) is 5.87. The third-order valence-corrected chi connectivity index (χ3v) is 7.74. The number of hydrogen-bond donors (Lipinski definition) is 0. The normalized spacial score (nSPS) is 12.0. The van der Waals surface area contributed by atoms with Gasteiger partial charge in [0, 0.05) is 23.5 Å². The molecule has 43 heavy (non-hydrogen) atoms. The van der Waals surface area contributed by atoms with E-state index < -0.39 is 0 Å². The molecule has 0 N–H and O–H groups in total. The lowest BCUT2D eigenvalue weighted by molar-refractivity contribution is 0.106. The molecule has 2 aliphatic rings. The molecule has 0 amide bonds. The smallest absolute Gasteiger partial charge is 0.165 e. The van der Waals surface area contributed by atoms with Gasteiger partial charge in [-0.05, 0) is 67.8 Å². The van der Waals surface area contributed by atoms with E-state index in [1.165, 1.54) is 11.1 Å². The van der Waals surface area contributed by atoms with Crippen LogP contribution in [0.15, 0.2) is 91.5 Å². The zero-order valence-corrected chi connectivity index (χ0v) is 25.1. The van der Waals surface area contributed by atoms with Crippen LogP contribution in [0.5, 0.6) is 11.5 Å². The van der Waals surface area contributed by atoms with Gasteiger partial charge in [0.25, 0.3) is 0 Å². The van der Waals surface area contributed by atoms with Crippen molar-refractivity contribution in [3.8, 4) is 39.8 Å². The first-order valence-corrected chi connectivity index (χ1v) is 14.3. The Kier molecular flexibility index (Phi) is 7.94. The highest BCUT2D eigenvalue weighted by atomic mass is 16.5. The molecule has 0 saturated carbocycles. The first kappa shape index (κ1) is 28.2. The summed E-state index contributed by atoms with van der Waals surface area (Å²) in [4.78, 5) is 4.36. The van der Waals surface area contributed by atoms with Gasteiger partial charge < -0.3 is 23.3 Å². The van der Waals surface area contributed by atoms with E-state index in [0.29, 0.717) is 13.2 Å². The summed E-state index contributed by atoms with van der Waals surface area (Å²) >= 11 is 0. The maximum Gasteiger partial charge on any atom is 0.165 e. The fourth-order valence-electron chi connectivity index (χ4n) is 5.29. The van der Waals surface area contributed by atoms with Crippen molar-refractivity contribution in [3.63, 3.8) is 0 Å². The minimum atomic E-state index is 0.0376. The summed E-state index contributed by atoms with van der Waals surface area (Å²) in [7, 11) is 3.34. The second kappa shape index (κ2) is 12.1. The molecule has 218 valence electrons. The van der Waals surface area contributed by atoms with E-state index in [-0.39, 0.29) is 6.04 Å². The first-order valence-electron chi connectivity index (χ1n) is 14.3. The first-order chi connectivity index (χ1) is 20.9. The SMILES string of the molecule is COc1ccc(COCc2cc3c(-c4ccc(-n5cnc(C)c5)c(OC)c4)nnc-3n([C@@H](C)c3ccc(C)cc3)c2)cc1. The van der Waals surface area contributed by atoms with E-state index in [1.54, 1.807) is 20.5 Å². The van der Waals surface area contributed by atoms with Gasteiger partial charge in [-0.3, -0.25) is 0 Å². The van der Waals surface area contributed by atoms with E-state index in [9.17, 15) is 0 Å². The van der Waals surface area contributed by atoms with Crippen molar-refractivity contribution >= 4 is 0 Å². The average molecular weight is 574 g/mol. The van der Waals surface area contributed by atoms with Crippen LogP contribution in [0.3, 0.4) is 0 Å². The van der Waals surface area contributed by atoms with Gasteiger partial charge in [-0.25, -0.2) is 4.98 Å². The van der Waals surface area contributed by atoms with Crippen LogP contribution in [0.2, 0.25) is 0 Å². The van der Waals surface area contributed by atoms with E-state index in [4.69, 9.17) is 14.2 Å². The number of rotatable bonds is 10. The fourth-order valence-corrected chi connectivity index (χ4v) is 5.29. The molecule has 0 radical (unpaired) electrons. The van der Waals surface area contributed by atoms with Crippen molar-refractivity contribution in [2.75, 3.05) is 14.2 Å². The van der Waals surface area contributed by atoms with Crippen LogP contribution in [0.4, 0.5) is 0 Å². The summed E-state index contributed by atoms with van der Waals surface area (Å²) in [6, 6.07) is 24.8. The highest BCUT2D eigenvalue weighted by Crippen LogP contribution is 2.37. The van der Waals surface area contributed by atoms with Crippen LogP contribution < -0.4 is 9.47 Å². The molecule has 0 fully saturated rings. The number of fused-ring (bicyclic) bond motifs is 1. The number of hydrogen-bond acceptors (Lipinski definition) is 6. The molecule has 8 heteroatoms. The molecule has 0 saturated heterocycles. The Morgan fingerprint density at radius 1 is 0.791 bits per heavy atom. The Labute approximate surface area is 251 Å². The lowest BCUT2D eigenvalue weighted by atomic mass is 10.0. The molecule has 4 aromatic rings. The zero-order valence-electron chi connectivity index (χ0n) is 25.1. The number of pyridine rings is 1. The van der Waals surface area contributed by atoms with Crippen LogP contribution in [-0.2, 0) is 18.0 Å². The molecule has 0 bridgehead atoms. The maximum absolute atomic E-state index is 6.19. The monoisotopic (exact) mass is 573 g/mol. The molecular weight excluding hydrogens is 538 g/mol. The summed E-state index contributed by atoms with van der Waals surface area (Å²) in [6.45, 7) is 7.18. The van der Waals surface area contributed by atoms with Gasteiger partial charge in [-0.1, -0.05) is 48.0 Å². The fraction of sp³-hybridized carbons (Fsp3) is 0.229. The van der Waals surface area contributed by atoms with E-state index in [1.807, 2.05) is 54.1 Å². The quantitative estimate of drug-likeness (QED) is 0.173. The number of aromatic nitrogens is 5. The highest BCUT2D eigenvalue weighted by molar-refractivity contribution is 5.80. The Morgan fingerprint density at radius 3 is 2.26 bits per heavy atom. The number of imidazole rings is 1. The lowest BCUT2D eigenvalue weighted by Gasteiger charge is -2.21. The van der Waals surface area contributed by atoms with Gasteiger partial charge in [-0.15, -0.1) is 10.2 Å². The standard InChI is InChI=1S/C35H35N5O3/c1-23-6-10-28(11-7-23)25(3)40-19-27(21-43-20-26-8-13-30(41-4)14-9-26)16-31-34(37-38-35(31)40)29-12-15-32(33(17-29)42-5)39-18-24(2)36-22-39/h6-19,22,25H,20-21H2,1-5H3/t25-/m0/s1. The molecule has 8 nitrogen and oxygen atoms in total. The number of nitrogens with zero attached hydrogens (tertiary/aromatic N) is 5. The van der Waals surface area contributed by atoms with Gasteiger partial charge in [0.15, 0.2) is 5.82 Å². The van der Waals surface area contributed by atoms with Crippen molar-refractivity contribution in [2.24, 2.45) is 0 Å². The Bertz CT molecular complexity index is 1800. The summed E-state index contributed by atoms with van der Waals surface area (Å²) in [6.07, 6.45) is 5.89.